The minimum Gasteiger partial charge on any atom is -0.376 e. The van der Waals surface area contributed by atoms with Crippen molar-refractivity contribution in [3.8, 4) is 0 Å². The molecule has 0 saturated heterocycles. The molecule has 0 bridgehead atoms. The van der Waals surface area contributed by atoms with Crippen molar-refractivity contribution in [3.05, 3.63) is 42.3 Å². The van der Waals surface area contributed by atoms with Gasteiger partial charge in [0.15, 0.2) is 5.96 Å². The van der Waals surface area contributed by atoms with Crippen molar-refractivity contribution in [1.82, 2.24) is 10.6 Å². The molecule has 6 nitrogen and oxygen atoms in total. The molecule has 1 amide bonds. The number of aliphatic imine (C=N–C) groups is 1. The Bertz CT molecular complexity index is 476. The highest BCUT2D eigenvalue weighted by molar-refractivity contribution is 5.89. The van der Waals surface area contributed by atoms with Crippen LogP contribution >= 0.6 is 0 Å². The summed E-state index contributed by atoms with van der Waals surface area (Å²) in [5.41, 5.74) is 6.35. The number of benzene rings is 1. The van der Waals surface area contributed by atoms with Crippen LogP contribution < -0.4 is 16.4 Å². The van der Waals surface area contributed by atoms with E-state index >= 15 is 0 Å². The van der Waals surface area contributed by atoms with Crippen LogP contribution in [-0.2, 0) is 16.1 Å². The molecule has 0 fully saturated rings. The largest absolute Gasteiger partial charge is 0.376 e. The van der Waals surface area contributed by atoms with Crippen LogP contribution in [0.3, 0.4) is 0 Å². The highest BCUT2D eigenvalue weighted by Crippen LogP contribution is 2.01. The Morgan fingerprint density at radius 2 is 2.29 bits per heavy atom. The molecule has 1 unspecified atom stereocenters. The van der Waals surface area contributed by atoms with Crippen LogP contribution in [0.2, 0.25) is 0 Å². The minimum atomic E-state index is -0.453. The van der Waals surface area contributed by atoms with Crippen LogP contribution in [0, 0.1) is 6.42 Å². The number of carbonyl (C=O) groups is 1. The monoisotopic (exact) mass is 289 g/mol. The second-order valence-corrected chi connectivity index (χ2v) is 4.78. The van der Waals surface area contributed by atoms with E-state index in [1.165, 1.54) is 5.56 Å². The summed E-state index contributed by atoms with van der Waals surface area (Å²) < 4.78 is 5.55. The molecular weight excluding hydrogens is 268 g/mol. The van der Waals surface area contributed by atoms with Gasteiger partial charge in [0.05, 0.1) is 13.2 Å². The maximum Gasteiger partial charge on any atom is 0.244 e. The fraction of sp³-hybridized carbons (Fsp3) is 0.400. The van der Waals surface area contributed by atoms with E-state index in [0.29, 0.717) is 25.7 Å². The number of hydrogen-bond donors (Lipinski definition) is 3. The Kier molecular flexibility index (Phi) is 6.02. The number of guanidine groups is 1. The number of nitrogens with two attached hydrogens (primary N) is 1. The van der Waals surface area contributed by atoms with E-state index in [2.05, 4.69) is 22.0 Å². The van der Waals surface area contributed by atoms with Gasteiger partial charge in [-0.3, -0.25) is 4.79 Å². The Labute approximate surface area is 124 Å². The average Bonchev–Trinajstić information content (AvgIpc) is 2.96. The Morgan fingerprint density at radius 3 is 3.00 bits per heavy atom. The third kappa shape index (κ3) is 5.43. The fourth-order valence-corrected chi connectivity index (χ4v) is 1.92. The predicted molar refractivity (Wildman–Crippen MR) is 81.4 cm³/mol. The van der Waals surface area contributed by atoms with E-state index in [4.69, 9.17) is 10.5 Å². The zero-order valence-electron chi connectivity index (χ0n) is 11.9. The highest BCUT2D eigenvalue weighted by Gasteiger charge is 2.20. The number of primary amides is 1. The first kappa shape index (κ1) is 15.3. The number of carbonyl (C=O) groups excluding carboxylic acids is 1. The normalized spacial score (nSPS) is 17.1. The van der Waals surface area contributed by atoms with Crippen LogP contribution in [0.15, 0.2) is 35.3 Å². The smallest absolute Gasteiger partial charge is 0.244 e. The second-order valence-electron chi connectivity index (χ2n) is 4.78. The van der Waals surface area contributed by atoms with Gasteiger partial charge < -0.3 is 21.1 Å². The molecule has 21 heavy (non-hydrogen) atoms. The maximum absolute atomic E-state index is 10.9. The molecule has 1 aromatic carbocycles. The molecule has 1 atom stereocenters. The van der Waals surface area contributed by atoms with Crippen molar-refractivity contribution in [3.63, 3.8) is 0 Å². The molecule has 0 saturated carbocycles. The number of ether oxygens (including phenoxy) is 1. The van der Waals surface area contributed by atoms with E-state index in [-0.39, 0.29) is 0 Å². The SMILES string of the molecule is NC(=O)C1CNC(NCC[CH]COCc2ccccc2)=N1. The van der Waals surface area contributed by atoms with Gasteiger partial charge in [-0.15, -0.1) is 0 Å². The predicted octanol–water partition coefficient (Wildman–Crippen LogP) is 0.200. The van der Waals surface area contributed by atoms with Crippen LogP contribution in [0.1, 0.15) is 12.0 Å². The molecule has 1 aliphatic heterocycles. The van der Waals surface area contributed by atoms with E-state index in [1.54, 1.807) is 0 Å². The number of unbranched alkanes of at least 4 members (excludes halogenated alkanes) is 1. The van der Waals surface area contributed by atoms with Crippen molar-refractivity contribution >= 4 is 11.9 Å². The van der Waals surface area contributed by atoms with Gasteiger partial charge in [-0.05, 0) is 18.4 Å². The molecule has 113 valence electrons. The van der Waals surface area contributed by atoms with Gasteiger partial charge in [-0.2, -0.15) is 0 Å². The lowest BCUT2D eigenvalue weighted by atomic mass is 10.2. The molecule has 1 aliphatic rings. The molecule has 4 N–H and O–H groups in total. The first-order valence-corrected chi connectivity index (χ1v) is 7.04. The van der Waals surface area contributed by atoms with E-state index in [0.717, 1.165) is 13.0 Å². The van der Waals surface area contributed by atoms with Crippen molar-refractivity contribution in [1.29, 1.82) is 0 Å². The van der Waals surface area contributed by atoms with Crippen molar-refractivity contribution in [2.75, 3.05) is 19.7 Å². The first-order valence-electron chi connectivity index (χ1n) is 7.04. The van der Waals surface area contributed by atoms with Crippen molar-refractivity contribution in [2.45, 2.75) is 19.1 Å². The quantitative estimate of drug-likeness (QED) is 0.597. The molecule has 1 heterocycles. The summed E-state index contributed by atoms with van der Waals surface area (Å²) >= 11 is 0. The Balaban J connectivity index is 1.49. The molecular formula is C15H21N4O2. The highest BCUT2D eigenvalue weighted by atomic mass is 16.5. The third-order valence-corrected chi connectivity index (χ3v) is 3.06. The summed E-state index contributed by atoms with van der Waals surface area (Å²) in [6.45, 7) is 2.45. The molecule has 0 aliphatic carbocycles. The van der Waals surface area contributed by atoms with Gasteiger partial charge in [0.1, 0.15) is 6.04 Å². The second kappa shape index (κ2) is 8.26. The van der Waals surface area contributed by atoms with E-state index in [1.807, 2.05) is 30.3 Å². The van der Waals surface area contributed by atoms with Crippen LogP contribution in [0.4, 0.5) is 0 Å². The van der Waals surface area contributed by atoms with Gasteiger partial charge in [-0.1, -0.05) is 30.3 Å². The van der Waals surface area contributed by atoms with Gasteiger partial charge in [0, 0.05) is 13.1 Å². The maximum atomic E-state index is 10.9. The number of nitrogens with one attached hydrogen (secondary N) is 2. The topological polar surface area (TPSA) is 88.7 Å². The number of hydrogen-bond acceptors (Lipinski definition) is 5. The lowest BCUT2D eigenvalue weighted by molar-refractivity contribution is -0.118. The van der Waals surface area contributed by atoms with E-state index in [9.17, 15) is 4.79 Å². The number of rotatable bonds is 8. The Hall–Kier alpha value is -2.08. The van der Waals surface area contributed by atoms with Crippen molar-refractivity contribution in [2.24, 2.45) is 10.7 Å². The molecule has 6 heteroatoms. The van der Waals surface area contributed by atoms with Crippen molar-refractivity contribution < 1.29 is 9.53 Å². The standard InChI is InChI=1S/C15H21N4O2/c16-14(20)13-10-18-15(19-13)17-8-4-5-9-21-11-12-6-2-1-3-7-12/h1-3,5-7,13H,4,8-11H2,(H2,16,20)(H2,17,18,19). The number of amides is 1. The summed E-state index contributed by atoms with van der Waals surface area (Å²) in [5.74, 6) is 0.234. The summed E-state index contributed by atoms with van der Waals surface area (Å²) in [7, 11) is 0. The lowest BCUT2D eigenvalue weighted by Crippen LogP contribution is -2.35. The van der Waals surface area contributed by atoms with E-state index < -0.39 is 11.9 Å². The summed E-state index contributed by atoms with van der Waals surface area (Å²) in [6, 6.07) is 9.62. The zero-order chi connectivity index (χ0) is 14.9. The molecule has 1 aromatic rings. The van der Waals surface area contributed by atoms with Gasteiger partial charge >= 0.3 is 0 Å². The van der Waals surface area contributed by atoms with Gasteiger partial charge in [0.2, 0.25) is 5.91 Å². The summed E-state index contributed by atoms with van der Waals surface area (Å²) in [5, 5.41) is 6.12. The lowest BCUT2D eigenvalue weighted by Gasteiger charge is -2.06. The Morgan fingerprint density at radius 1 is 1.48 bits per heavy atom. The minimum absolute atomic E-state index is 0.403. The first-order chi connectivity index (χ1) is 10.3. The fourth-order valence-electron chi connectivity index (χ4n) is 1.92. The van der Waals surface area contributed by atoms with Gasteiger partial charge in [-0.25, -0.2) is 4.99 Å². The molecule has 0 aromatic heterocycles. The summed E-state index contributed by atoms with van der Waals surface area (Å²) in [6.07, 6.45) is 2.92. The molecule has 0 spiro atoms. The average molecular weight is 289 g/mol. The van der Waals surface area contributed by atoms with Crippen LogP contribution in [0.25, 0.3) is 0 Å². The van der Waals surface area contributed by atoms with Crippen LogP contribution in [-0.4, -0.2) is 37.6 Å². The molecule has 1 radical (unpaired) electrons. The number of nitrogens with zero attached hydrogens (tertiary/aromatic N) is 1. The zero-order valence-corrected chi connectivity index (χ0v) is 11.9. The van der Waals surface area contributed by atoms with Crippen LogP contribution in [0.5, 0.6) is 0 Å². The molecule has 2 rings (SSSR count). The summed E-state index contributed by atoms with van der Waals surface area (Å²) in [4.78, 5) is 15.1. The van der Waals surface area contributed by atoms with Gasteiger partial charge in [0.25, 0.3) is 0 Å². The third-order valence-electron chi connectivity index (χ3n) is 3.06.